The van der Waals surface area contributed by atoms with E-state index in [1.54, 1.807) is 0 Å². The van der Waals surface area contributed by atoms with Crippen molar-refractivity contribution in [2.45, 2.75) is 109 Å². The van der Waals surface area contributed by atoms with Crippen molar-refractivity contribution in [2.75, 3.05) is 43.1 Å². The molecule has 4 heterocycles. The van der Waals surface area contributed by atoms with E-state index in [1.165, 1.54) is 0 Å². The Morgan fingerprint density at radius 3 is 2.10 bits per heavy atom. The van der Waals surface area contributed by atoms with Crippen molar-refractivity contribution in [1.82, 2.24) is 19.5 Å². The van der Waals surface area contributed by atoms with Crippen molar-refractivity contribution < 1.29 is 19.0 Å². The molecule has 0 aromatic carbocycles. The number of rotatable bonds is 12. The van der Waals surface area contributed by atoms with Crippen molar-refractivity contribution >= 4 is 45.5 Å². The lowest BCUT2D eigenvalue weighted by molar-refractivity contribution is -0.00295. The largest absolute Gasteiger partial charge is 0.444 e. The molecule has 2 bridgehead atoms. The first-order valence-electron chi connectivity index (χ1n) is 15.4. The molecule has 12 heteroatoms. The summed E-state index contributed by atoms with van der Waals surface area (Å²) in [6, 6.07) is 6.66. The van der Waals surface area contributed by atoms with Crippen LogP contribution in [0.3, 0.4) is 0 Å². The summed E-state index contributed by atoms with van der Waals surface area (Å²) in [6.07, 6.45) is 3.37. The van der Waals surface area contributed by atoms with E-state index in [2.05, 4.69) is 55.3 Å². The van der Waals surface area contributed by atoms with Gasteiger partial charge in [-0.3, -0.25) is 0 Å². The van der Waals surface area contributed by atoms with E-state index in [9.17, 15) is 4.79 Å². The molecular formula is C30H53N5O4SSi2. The third-order valence-corrected chi connectivity index (χ3v) is 12.4. The van der Waals surface area contributed by atoms with Crippen LogP contribution in [0.25, 0.3) is 5.65 Å². The number of carbonyl (C=O) groups excluding carboxylic acids is 1. The standard InChI is InChI=1S/C30H53N5O4SSi2/c1-30(2,3)39-29(36)34-24-16-23(17-25(34)20-40-19-24)26-18-28(35-27(32-26)10-11-31-35)33(21-37-12-14-41(4,5)6)22-38-13-15-42(7,8)9/h10-11,18,23-25H,12-17,19-22H2,1-9H3. The monoisotopic (exact) mass is 635 g/mol. The second kappa shape index (κ2) is 13.6. The zero-order valence-corrected chi connectivity index (χ0v) is 30.1. The number of fused-ring (bicyclic) bond motifs is 3. The lowest BCUT2D eigenvalue weighted by Crippen LogP contribution is -2.57. The predicted octanol–water partition coefficient (Wildman–Crippen LogP) is 6.76. The Kier molecular flexibility index (Phi) is 10.8. The van der Waals surface area contributed by atoms with Gasteiger partial charge in [0, 0.05) is 76.7 Å². The van der Waals surface area contributed by atoms with Crippen LogP contribution in [0, 0.1) is 0 Å². The highest BCUT2D eigenvalue weighted by Gasteiger charge is 2.44. The summed E-state index contributed by atoms with van der Waals surface area (Å²) < 4.78 is 20.2. The molecule has 4 rings (SSSR count). The van der Waals surface area contributed by atoms with Crippen LogP contribution in [0.4, 0.5) is 10.6 Å². The van der Waals surface area contributed by atoms with Gasteiger partial charge in [0.25, 0.3) is 0 Å². The summed E-state index contributed by atoms with van der Waals surface area (Å²) in [5, 5.41) is 4.63. The summed E-state index contributed by atoms with van der Waals surface area (Å²) in [7, 11) is -2.40. The molecule has 0 N–H and O–H groups in total. The molecule has 2 aliphatic rings. The van der Waals surface area contributed by atoms with Gasteiger partial charge in [0.1, 0.15) is 24.9 Å². The fraction of sp³-hybridized carbons (Fsp3) is 0.767. The summed E-state index contributed by atoms with van der Waals surface area (Å²) in [5.41, 5.74) is 1.38. The van der Waals surface area contributed by atoms with E-state index in [0.717, 1.165) is 66.8 Å². The number of aromatic nitrogens is 3. The molecule has 2 aliphatic heterocycles. The minimum atomic E-state index is -1.20. The Hall–Kier alpha value is -1.61. The maximum atomic E-state index is 13.2. The third kappa shape index (κ3) is 9.44. The minimum absolute atomic E-state index is 0.139. The number of piperidine rings is 1. The van der Waals surface area contributed by atoms with Crippen LogP contribution in [0.15, 0.2) is 18.3 Å². The van der Waals surface area contributed by atoms with Crippen LogP contribution in [0.2, 0.25) is 51.4 Å². The third-order valence-electron chi connectivity index (χ3n) is 7.71. The molecular weight excluding hydrogens is 583 g/mol. The fourth-order valence-corrected chi connectivity index (χ4v) is 8.18. The average Bonchev–Trinajstić information content (AvgIpc) is 3.33. The first-order chi connectivity index (χ1) is 19.6. The number of anilines is 1. The van der Waals surface area contributed by atoms with Gasteiger partial charge in [0.2, 0.25) is 0 Å². The van der Waals surface area contributed by atoms with Crippen LogP contribution < -0.4 is 4.90 Å². The summed E-state index contributed by atoms with van der Waals surface area (Å²) in [5.74, 6) is 3.04. The van der Waals surface area contributed by atoms with Gasteiger partial charge in [-0.25, -0.2) is 9.78 Å². The predicted molar refractivity (Wildman–Crippen MR) is 178 cm³/mol. The van der Waals surface area contributed by atoms with Crippen molar-refractivity contribution in [1.29, 1.82) is 0 Å². The quantitative estimate of drug-likeness (QED) is 0.144. The zero-order chi connectivity index (χ0) is 30.7. The molecule has 2 aromatic rings. The van der Waals surface area contributed by atoms with Crippen LogP contribution in [-0.2, 0) is 14.2 Å². The molecule has 2 fully saturated rings. The van der Waals surface area contributed by atoms with Gasteiger partial charge in [-0.1, -0.05) is 39.3 Å². The molecule has 0 spiro atoms. The normalized spacial score (nSPS) is 21.5. The lowest BCUT2D eigenvalue weighted by Gasteiger charge is -2.48. The van der Waals surface area contributed by atoms with Crippen LogP contribution in [-0.4, -0.2) is 97.6 Å². The van der Waals surface area contributed by atoms with Crippen LogP contribution in [0.1, 0.15) is 45.2 Å². The highest BCUT2D eigenvalue weighted by atomic mass is 32.2. The van der Waals surface area contributed by atoms with Crippen LogP contribution >= 0.6 is 11.8 Å². The van der Waals surface area contributed by atoms with E-state index in [4.69, 9.17) is 19.2 Å². The molecule has 9 nitrogen and oxygen atoms in total. The lowest BCUT2D eigenvalue weighted by atomic mass is 9.84. The van der Waals surface area contributed by atoms with Gasteiger partial charge in [-0.05, 0) is 45.7 Å². The maximum absolute atomic E-state index is 13.2. The number of carbonyl (C=O) groups is 1. The van der Waals surface area contributed by atoms with Gasteiger partial charge in [-0.2, -0.15) is 21.4 Å². The van der Waals surface area contributed by atoms with Crippen molar-refractivity contribution in [3.8, 4) is 0 Å². The van der Waals surface area contributed by atoms with E-state index in [0.29, 0.717) is 13.5 Å². The Labute approximate surface area is 259 Å². The molecule has 2 saturated heterocycles. The maximum Gasteiger partial charge on any atom is 0.410 e. The minimum Gasteiger partial charge on any atom is -0.444 e. The Morgan fingerprint density at radius 1 is 1.00 bits per heavy atom. The zero-order valence-electron chi connectivity index (χ0n) is 27.3. The van der Waals surface area contributed by atoms with E-state index in [-0.39, 0.29) is 24.1 Å². The molecule has 2 atom stereocenters. The van der Waals surface area contributed by atoms with Gasteiger partial charge < -0.3 is 24.0 Å². The van der Waals surface area contributed by atoms with Crippen LogP contribution in [0.5, 0.6) is 0 Å². The average molecular weight is 636 g/mol. The summed E-state index contributed by atoms with van der Waals surface area (Å²) in [6.45, 7) is 22.4. The Morgan fingerprint density at radius 2 is 1.57 bits per heavy atom. The number of hydrogen-bond donors (Lipinski definition) is 0. The highest BCUT2D eigenvalue weighted by Crippen LogP contribution is 2.41. The second-order valence-corrected chi connectivity index (χ2v) is 27.6. The Balaban J connectivity index is 1.56. The number of nitrogens with zero attached hydrogens (tertiary/aromatic N) is 5. The first kappa shape index (κ1) is 33.3. The number of ether oxygens (including phenoxy) is 3. The molecule has 0 radical (unpaired) electrons. The summed E-state index contributed by atoms with van der Waals surface area (Å²) >= 11 is 1.94. The second-order valence-electron chi connectivity index (χ2n) is 15.3. The molecule has 0 saturated carbocycles. The van der Waals surface area contributed by atoms with Crippen molar-refractivity contribution in [3.63, 3.8) is 0 Å². The van der Waals surface area contributed by atoms with Gasteiger partial charge in [0.05, 0.1) is 6.20 Å². The molecule has 42 heavy (non-hydrogen) atoms. The highest BCUT2D eigenvalue weighted by molar-refractivity contribution is 7.99. The fourth-order valence-electron chi connectivity index (χ4n) is 5.40. The number of hydrogen-bond acceptors (Lipinski definition) is 8. The van der Waals surface area contributed by atoms with E-state index < -0.39 is 21.7 Å². The smallest absolute Gasteiger partial charge is 0.410 e. The summed E-state index contributed by atoms with van der Waals surface area (Å²) in [4.78, 5) is 22.4. The van der Waals surface area contributed by atoms with Gasteiger partial charge >= 0.3 is 6.09 Å². The Bertz CT molecular complexity index is 1160. The SMILES string of the molecule is CC(C)(C)OC(=O)N1C2CSCC1CC(c1cc(N(COCC[Si](C)(C)C)COCC[Si](C)(C)C)n3nccc3n1)C2. The molecule has 0 aliphatic carbocycles. The van der Waals surface area contributed by atoms with Crippen molar-refractivity contribution in [3.05, 3.63) is 24.0 Å². The first-order valence-corrected chi connectivity index (χ1v) is 24.0. The van der Waals surface area contributed by atoms with E-state index in [1.807, 2.05) is 54.2 Å². The molecule has 1 amide bonds. The molecule has 2 unspecified atom stereocenters. The van der Waals surface area contributed by atoms with Gasteiger partial charge in [-0.15, -0.1) is 0 Å². The van der Waals surface area contributed by atoms with E-state index >= 15 is 0 Å². The number of thioether (sulfide) groups is 1. The topological polar surface area (TPSA) is 81.4 Å². The molecule has 236 valence electrons. The van der Waals surface area contributed by atoms with Crippen molar-refractivity contribution in [2.24, 2.45) is 0 Å². The van der Waals surface area contributed by atoms with Gasteiger partial charge in [0.15, 0.2) is 5.65 Å². The molecule has 2 aromatic heterocycles. The number of amides is 1.